The summed E-state index contributed by atoms with van der Waals surface area (Å²) in [6, 6.07) is -0.708. The highest BCUT2D eigenvalue weighted by atomic mass is 16.5. The number of carbonyl (C=O) groups is 2. The number of aliphatic hydroxyl groups is 2. The quantitative estimate of drug-likeness (QED) is 0.0321. The Morgan fingerprint density at radius 2 is 0.773 bits per heavy atom. The maximum atomic E-state index is 13.3. The molecule has 6 heteroatoms. The van der Waals surface area contributed by atoms with Crippen LogP contribution in [0.3, 0.4) is 0 Å². The molecule has 0 aromatic carbocycles. The molecule has 0 fully saturated rings. The highest BCUT2D eigenvalue weighted by Gasteiger charge is 2.24. The van der Waals surface area contributed by atoms with Gasteiger partial charge in [-0.3, -0.25) is 9.59 Å². The van der Waals surface area contributed by atoms with E-state index in [1.165, 1.54) is 167 Å². The number of rotatable bonds is 52. The number of esters is 1. The molecular weight excluding hydrogens is 815 g/mol. The van der Waals surface area contributed by atoms with E-state index in [4.69, 9.17) is 4.74 Å². The molecule has 6 nitrogen and oxygen atoms in total. The highest BCUT2D eigenvalue weighted by molar-refractivity contribution is 5.77. The Kier molecular flexibility index (Phi) is 52.0. The molecule has 0 saturated heterocycles. The third-order valence-electron chi connectivity index (χ3n) is 13.1. The van der Waals surface area contributed by atoms with Gasteiger partial charge in [-0.1, -0.05) is 243 Å². The zero-order valence-corrected chi connectivity index (χ0v) is 44.1. The van der Waals surface area contributed by atoms with Crippen molar-refractivity contribution in [1.29, 1.82) is 0 Å². The van der Waals surface area contributed by atoms with Crippen LogP contribution in [-0.4, -0.2) is 46.9 Å². The summed E-state index contributed by atoms with van der Waals surface area (Å²) in [6.07, 6.45) is 66.0. The van der Waals surface area contributed by atoms with Gasteiger partial charge < -0.3 is 20.3 Å². The Bertz CT molecular complexity index is 1130. The molecule has 3 unspecified atom stereocenters. The Morgan fingerprint density at radius 3 is 1.18 bits per heavy atom. The minimum Gasteiger partial charge on any atom is -0.462 e. The standard InChI is InChI=1S/C60H111NO5/c1-4-7-10-13-16-19-22-25-28-29-32-35-38-41-44-47-50-53-60(65)66-56(51-48-45-42-39-36-33-30-26-23-20-17-14-11-8-5-2)54-59(64)61-57(55-62)58(63)52-49-46-43-40-37-34-31-27-24-21-18-15-12-9-6-3/h16-17,19-20,25-26,28,30,56-58,62-63H,4-15,18,21-24,27,29,31-55H2,1-3H3,(H,61,64)/b19-16-,20-17-,28-25-,30-26-. The van der Waals surface area contributed by atoms with Crippen LogP contribution in [0, 0.1) is 0 Å². The van der Waals surface area contributed by atoms with Crippen LogP contribution in [0.5, 0.6) is 0 Å². The molecular formula is C60H111NO5. The molecule has 3 N–H and O–H groups in total. The zero-order valence-electron chi connectivity index (χ0n) is 44.1. The van der Waals surface area contributed by atoms with E-state index >= 15 is 0 Å². The van der Waals surface area contributed by atoms with Crippen LogP contribution in [0.2, 0.25) is 0 Å². The van der Waals surface area contributed by atoms with Gasteiger partial charge >= 0.3 is 5.97 Å². The van der Waals surface area contributed by atoms with Crippen molar-refractivity contribution in [2.75, 3.05) is 6.61 Å². The van der Waals surface area contributed by atoms with Gasteiger partial charge in [-0.05, 0) is 89.9 Å². The fraction of sp³-hybridized carbons (Fsp3) is 0.833. The Morgan fingerprint density at radius 1 is 0.439 bits per heavy atom. The van der Waals surface area contributed by atoms with Crippen molar-refractivity contribution in [2.24, 2.45) is 0 Å². The summed E-state index contributed by atoms with van der Waals surface area (Å²) in [4.78, 5) is 26.3. The van der Waals surface area contributed by atoms with Crippen molar-refractivity contribution >= 4 is 11.9 Å². The largest absolute Gasteiger partial charge is 0.462 e. The summed E-state index contributed by atoms with van der Waals surface area (Å²) in [5.41, 5.74) is 0. The second-order valence-corrected chi connectivity index (χ2v) is 19.7. The van der Waals surface area contributed by atoms with E-state index in [9.17, 15) is 19.8 Å². The topological polar surface area (TPSA) is 95.9 Å². The second-order valence-electron chi connectivity index (χ2n) is 19.7. The van der Waals surface area contributed by atoms with Crippen LogP contribution in [0.4, 0.5) is 0 Å². The number of hydrogen-bond donors (Lipinski definition) is 3. The monoisotopic (exact) mass is 926 g/mol. The molecule has 0 heterocycles. The van der Waals surface area contributed by atoms with Gasteiger partial charge in [0.1, 0.15) is 6.10 Å². The lowest BCUT2D eigenvalue weighted by Gasteiger charge is -2.24. The molecule has 0 spiro atoms. The van der Waals surface area contributed by atoms with Gasteiger partial charge in [0.05, 0.1) is 25.2 Å². The van der Waals surface area contributed by atoms with Crippen molar-refractivity contribution in [1.82, 2.24) is 5.32 Å². The average molecular weight is 927 g/mol. The maximum absolute atomic E-state index is 13.3. The smallest absolute Gasteiger partial charge is 0.306 e. The lowest BCUT2D eigenvalue weighted by Crippen LogP contribution is -2.46. The number of nitrogens with one attached hydrogen (secondary N) is 1. The maximum Gasteiger partial charge on any atom is 0.306 e. The predicted molar refractivity (Wildman–Crippen MR) is 287 cm³/mol. The van der Waals surface area contributed by atoms with Gasteiger partial charge in [0, 0.05) is 6.42 Å². The lowest BCUT2D eigenvalue weighted by atomic mass is 10.0. The molecule has 0 bridgehead atoms. The van der Waals surface area contributed by atoms with Crippen LogP contribution in [-0.2, 0) is 14.3 Å². The SMILES string of the molecule is CCCCC/C=C\C/C=C\CCCCCCCCCC(=O)OC(CCCCCCC/C=C\C/C=C\CCCCC)CC(=O)NC(CO)C(O)CCCCCCCCCCCCCCCCC. The third kappa shape index (κ3) is 48.3. The molecule has 386 valence electrons. The van der Waals surface area contributed by atoms with Crippen molar-refractivity contribution < 1.29 is 24.5 Å². The molecule has 1 amide bonds. The van der Waals surface area contributed by atoms with Gasteiger partial charge in [-0.25, -0.2) is 0 Å². The molecule has 0 aliphatic heterocycles. The van der Waals surface area contributed by atoms with E-state index in [0.717, 1.165) is 83.5 Å². The van der Waals surface area contributed by atoms with Gasteiger partial charge in [-0.2, -0.15) is 0 Å². The van der Waals surface area contributed by atoms with Crippen molar-refractivity contribution in [3.63, 3.8) is 0 Å². The van der Waals surface area contributed by atoms with Gasteiger partial charge in [0.2, 0.25) is 5.91 Å². The highest BCUT2D eigenvalue weighted by Crippen LogP contribution is 2.18. The van der Waals surface area contributed by atoms with E-state index < -0.39 is 18.2 Å². The average Bonchev–Trinajstić information content (AvgIpc) is 3.31. The number of hydrogen-bond acceptors (Lipinski definition) is 5. The van der Waals surface area contributed by atoms with Crippen LogP contribution < -0.4 is 5.32 Å². The fourth-order valence-corrected chi connectivity index (χ4v) is 8.73. The second kappa shape index (κ2) is 53.8. The Hall–Kier alpha value is -2.18. The minimum atomic E-state index is -0.794. The summed E-state index contributed by atoms with van der Waals surface area (Å²) < 4.78 is 5.96. The number of carbonyl (C=O) groups excluding carboxylic acids is 2. The molecule has 3 atom stereocenters. The van der Waals surface area contributed by atoms with Crippen LogP contribution in [0.15, 0.2) is 48.6 Å². The van der Waals surface area contributed by atoms with E-state index in [-0.39, 0.29) is 24.9 Å². The summed E-state index contributed by atoms with van der Waals surface area (Å²) in [7, 11) is 0. The molecule has 0 saturated carbocycles. The van der Waals surface area contributed by atoms with E-state index in [2.05, 4.69) is 74.7 Å². The fourth-order valence-electron chi connectivity index (χ4n) is 8.73. The van der Waals surface area contributed by atoms with E-state index in [0.29, 0.717) is 19.3 Å². The lowest BCUT2D eigenvalue weighted by molar-refractivity contribution is -0.151. The third-order valence-corrected chi connectivity index (χ3v) is 13.1. The van der Waals surface area contributed by atoms with Gasteiger partial charge in [0.15, 0.2) is 0 Å². The molecule has 0 aliphatic rings. The first-order valence-electron chi connectivity index (χ1n) is 28.9. The number of unbranched alkanes of at least 4 members (excludes halogenated alkanes) is 32. The van der Waals surface area contributed by atoms with Crippen LogP contribution in [0.1, 0.15) is 297 Å². The zero-order chi connectivity index (χ0) is 48.1. The first-order chi connectivity index (χ1) is 32.5. The number of aliphatic hydroxyl groups excluding tert-OH is 2. The number of ether oxygens (including phenoxy) is 1. The summed E-state index contributed by atoms with van der Waals surface area (Å²) in [5, 5.41) is 23.9. The molecule has 0 aromatic rings. The summed E-state index contributed by atoms with van der Waals surface area (Å²) in [5.74, 6) is -0.486. The van der Waals surface area contributed by atoms with Gasteiger partial charge in [0.25, 0.3) is 0 Å². The first-order valence-corrected chi connectivity index (χ1v) is 28.9. The van der Waals surface area contributed by atoms with Gasteiger partial charge in [-0.15, -0.1) is 0 Å². The molecule has 0 aliphatic carbocycles. The van der Waals surface area contributed by atoms with Crippen molar-refractivity contribution in [2.45, 2.75) is 315 Å². The Labute approximate surface area is 410 Å². The van der Waals surface area contributed by atoms with Crippen molar-refractivity contribution in [3.8, 4) is 0 Å². The van der Waals surface area contributed by atoms with Crippen LogP contribution >= 0.6 is 0 Å². The van der Waals surface area contributed by atoms with Crippen molar-refractivity contribution in [3.05, 3.63) is 48.6 Å². The molecule has 0 radical (unpaired) electrons. The molecule has 66 heavy (non-hydrogen) atoms. The van der Waals surface area contributed by atoms with E-state index in [1.807, 2.05) is 0 Å². The van der Waals surface area contributed by atoms with Crippen LogP contribution in [0.25, 0.3) is 0 Å². The Balaban J connectivity index is 4.57. The molecule has 0 aromatic heterocycles. The number of allylic oxidation sites excluding steroid dienone is 8. The van der Waals surface area contributed by atoms with E-state index in [1.54, 1.807) is 0 Å². The summed E-state index contributed by atoms with van der Waals surface area (Å²) >= 11 is 0. The normalized spacial score (nSPS) is 13.5. The predicted octanol–water partition coefficient (Wildman–Crippen LogP) is 17.8. The first kappa shape index (κ1) is 63.8. The number of amides is 1. The minimum absolute atomic E-state index is 0.0662. The molecule has 0 rings (SSSR count). The summed E-state index contributed by atoms with van der Waals surface area (Å²) in [6.45, 7) is 6.46.